The number of carbonyl (C=O) groups excluding carboxylic acids is 1. The van der Waals surface area contributed by atoms with Crippen molar-refractivity contribution in [1.82, 2.24) is 9.80 Å². The molecule has 1 heterocycles. The molecule has 0 atom stereocenters. The van der Waals surface area contributed by atoms with Gasteiger partial charge >= 0.3 is 0 Å². The van der Waals surface area contributed by atoms with Crippen molar-refractivity contribution in [3.63, 3.8) is 0 Å². The third kappa shape index (κ3) is 3.84. The molecule has 0 amide bonds. The molecule has 2 aromatic rings. The number of hydrogen-bond donors (Lipinski definition) is 0. The molecule has 1 fully saturated rings. The van der Waals surface area contributed by atoms with E-state index >= 15 is 0 Å². The Hall–Kier alpha value is -2.04. The fourth-order valence-corrected chi connectivity index (χ4v) is 2.88. The minimum Gasteiger partial charge on any atom is -0.304 e. The van der Waals surface area contributed by atoms with Gasteiger partial charge in [-0.3, -0.25) is 9.69 Å². The summed E-state index contributed by atoms with van der Waals surface area (Å²) in [5.41, 5.74) is 1.77. The Morgan fingerprint density at radius 1 is 1.04 bits per heavy atom. The predicted octanol–water partition coefficient (Wildman–Crippen LogP) is 2.80. The van der Waals surface area contributed by atoms with Crippen LogP contribution >= 0.6 is 0 Å². The van der Waals surface area contributed by atoms with Gasteiger partial charge in [0.1, 0.15) is 5.82 Å². The van der Waals surface area contributed by atoms with Crippen molar-refractivity contribution in [2.24, 2.45) is 0 Å². The molecule has 120 valence electrons. The lowest BCUT2D eigenvalue weighted by atomic mass is 10.0. The number of benzene rings is 2. The standard InChI is InChI=1S/C19H21FN2O/c1-21-9-11-22(12-10-21)14-15-5-4-6-16(13-15)19(23)17-7-2-3-8-18(17)20/h2-8,13H,9-12,14H2,1H3. The summed E-state index contributed by atoms with van der Waals surface area (Å²) in [6.45, 7) is 5.01. The first-order valence-corrected chi connectivity index (χ1v) is 7.92. The molecule has 23 heavy (non-hydrogen) atoms. The summed E-state index contributed by atoms with van der Waals surface area (Å²) in [6, 6.07) is 13.7. The molecule has 3 nitrogen and oxygen atoms in total. The minimum atomic E-state index is -0.470. The Balaban J connectivity index is 1.75. The number of piperazine rings is 1. The van der Waals surface area contributed by atoms with E-state index < -0.39 is 5.82 Å². The monoisotopic (exact) mass is 312 g/mol. The number of carbonyl (C=O) groups is 1. The molecule has 0 saturated carbocycles. The summed E-state index contributed by atoms with van der Waals surface area (Å²) < 4.78 is 13.8. The second-order valence-corrected chi connectivity index (χ2v) is 6.09. The van der Waals surface area contributed by atoms with Crippen LogP contribution in [0.2, 0.25) is 0 Å². The summed E-state index contributed by atoms with van der Waals surface area (Å²) in [5.74, 6) is -0.731. The highest BCUT2D eigenvalue weighted by Gasteiger charge is 2.16. The van der Waals surface area contributed by atoms with Crippen molar-refractivity contribution < 1.29 is 9.18 Å². The molecule has 3 rings (SSSR count). The second kappa shape index (κ2) is 7.02. The summed E-state index contributed by atoms with van der Waals surface area (Å²) in [7, 11) is 2.13. The van der Waals surface area contributed by atoms with Crippen LogP contribution in [0.1, 0.15) is 21.5 Å². The molecule has 0 radical (unpaired) electrons. The summed E-state index contributed by atoms with van der Waals surface area (Å²) >= 11 is 0. The van der Waals surface area contributed by atoms with Crippen molar-refractivity contribution in [2.45, 2.75) is 6.54 Å². The van der Waals surface area contributed by atoms with Crippen LogP contribution in [-0.2, 0) is 6.54 Å². The van der Waals surface area contributed by atoms with Crippen molar-refractivity contribution in [3.05, 3.63) is 71.0 Å². The Kier molecular flexibility index (Phi) is 4.84. The lowest BCUT2D eigenvalue weighted by Crippen LogP contribution is -2.43. The van der Waals surface area contributed by atoms with Gasteiger partial charge in [0.05, 0.1) is 5.56 Å². The molecule has 2 aromatic carbocycles. The van der Waals surface area contributed by atoms with E-state index in [4.69, 9.17) is 0 Å². The maximum atomic E-state index is 13.8. The van der Waals surface area contributed by atoms with E-state index in [2.05, 4.69) is 16.8 Å². The number of nitrogens with zero attached hydrogens (tertiary/aromatic N) is 2. The van der Waals surface area contributed by atoms with Crippen LogP contribution in [0.3, 0.4) is 0 Å². The second-order valence-electron chi connectivity index (χ2n) is 6.09. The SMILES string of the molecule is CN1CCN(Cc2cccc(C(=O)c3ccccc3F)c2)CC1. The first kappa shape index (κ1) is 15.8. The molecule has 4 heteroatoms. The molecule has 1 aliphatic heterocycles. The molecule has 0 aromatic heterocycles. The number of halogens is 1. The lowest BCUT2D eigenvalue weighted by Gasteiger charge is -2.32. The van der Waals surface area contributed by atoms with Crippen molar-refractivity contribution in [1.29, 1.82) is 0 Å². The van der Waals surface area contributed by atoms with Gasteiger partial charge in [-0.2, -0.15) is 0 Å². The largest absolute Gasteiger partial charge is 0.304 e. The molecule has 0 unspecified atom stereocenters. The Morgan fingerprint density at radius 2 is 1.78 bits per heavy atom. The molecular weight excluding hydrogens is 291 g/mol. The van der Waals surface area contributed by atoms with Crippen LogP contribution in [-0.4, -0.2) is 48.8 Å². The van der Waals surface area contributed by atoms with Gasteiger partial charge in [0.25, 0.3) is 0 Å². The van der Waals surface area contributed by atoms with Gasteiger partial charge in [0, 0.05) is 38.3 Å². The van der Waals surface area contributed by atoms with Crippen LogP contribution < -0.4 is 0 Å². The fourth-order valence-electron chi connectivity index (χ4n) is 2.88. The molecule has 0 aliphatic carbocycles. The Morgan fingerprint density at radius 3 is 2.52 bits per heavy atom. The Labute approximate surface area is 136 Å². The number of hydrogen-bond acceptors (Lipinski definition) is 3. The molecule has 0 spiro atoms. The Bertz CT molecular complexity index is 693. The summed E-state index contributed by atoms with van der Waals surface area (Å²) in [5, 5.41) is 0. The van der Waals surface area contributed by atoms with E-state index in [1.165, 1.54) is 12.1 Å². The van der Waals surface area contributed by atoms with Crippen LogP contribution in [0.15, 0.2) is 48.5 Å². The van der Waals surface area contributed by atoms with E-state index in [-0.39, 0.29) is 11.3 Å². The van der Waals surface area contributed by atoms with Crippen molar-refractivity contribution in [2.75, 3.05) is 33.2 Å². The quantitative estimate of drug-likeness (QED) is 0.811. The van der Waals surface area contributed by atoms with E-state index in [0.29, 0.717) is 5.56 Å². The maximum Gasteiger partial charge on any atom is 0.195 e. The van der Waals surface area contributed by atoms with E-state index in [9.17, 15) is 9.18 Å². The highest BCUT2D eigenvalue weighted by molar-refractivity contribution is 6.09. The zero-order valence-corrected chi connectivity index (χ0v) is 13.3. The third-order valence-electron chi connectivity index (χ3n) is 4.31. The lowest BCUT2D eigenvalue weighted by molar-refractivity contribution is 0.103. The van der Waals surface area contributed by atoms with E-state index in [1.807, 2.05) is 18.2 Å². The van der Waals surface area contributed by atoms with E-state index in [1.54, 1.807) is 18.2 Å². The maximum absolute atomic E-state index is 13.8. The third-order valence-corrected chi connectivity index (χ3v) is 4.31. The van der Waals surface area contributed by atoms with Gasteiger partial charge in [-0.25, -0.2) is 4.39 Å². The van der Waals surface area contributed by atoms with Gasteiger partial charge in [0.2, 0.25) is 0 Å². The zero-order valence-electron chi connectivity index (χ0n) is 13.3. The normalized spacial score (nSPS) is 16.4. The van der Waals surface area contributed by atoms with Crippen molar-refractivity contribution >= 4 is 5.78 Å². The molecule has 1 aliphatic rings. The highest BCUT2D eigenvalue weighted by Crippen LogP contribution is 2.16. The molecule has 0 N–H and O–H groups in total. The van der Waals surface area contributed by atoms with Crippen molar-refractivity contribution in [3.8, 4) is 0 Å². The average molecular weight is 312 g/mol. The predicted molar refractivity (Wildman–Crippen MR) is 89.0 cm³/mol. The fraction of sp³-hybridized carbons (Fsp3) is 0.316. The molecular formula is C19H21FN2O. The topological polar surface area (TPSA) is 23.6 Å². The first-order valence-electron chi connectivity index (χ1n) is 7.92. The number of likely N-dealkylation sites (N-methyl/N-ethyl adjacent to an activating group) is 1. The molecule has 0 bridgehead atoms. The van der Waals surface area contributed by atoms with Gasteiger partial charge in [-0.1, -0.05) is 30.3 Å². The van der Waals surface area contributed by atoms with E-state index in [0.717, 1.165) is 38.3 Å². The summed E-state index contributed by atoms with van der Waals surface area (Å²) in [6.07, 6.45) is 0. The average Bonchev–Trinajstić information content (AvgIpc) is 2.57. The van der Waals surface area contributed by atoms with Crippen LogP contribution in [0.4, 0.5) is 4.39 Å². The van der Waals surface area contributed by atoms with Gasteiger partial charge < -0.3 is 4.90 Å². The number of rotatable bonds is 4. The number of ketones is 1. The van der Waals surface area contributed by atoms with Crippen LogP contribution in [0.5, 0.6) is 0 Å². The smallest absolute Gasteiger partial charge is 0.195 e. The highest BCUT2D eigenvalue weighted by atomic mass is 19.1. The zero-order chi connectivity index (χ0) is 16.2. The first-order chi connectivity index (χ1) is 11.1. The minimum absolute atomic E-state index is 0.129. The van der Waals surface area contributed by atoms with Crippen LogP contribution in [0, 0.1) is 5.82 Å². The summed E-state index contributed by atoms with van der Waals surface area (Å²) in [4.78, 5) is 17.2. The molecule has 1 saturated heterocycles. The van der Waals surface area contributed by atoms with Gasteiger partial charge in [-0.15, -0.1) is 0 Å². The van der Waals surface area contributed by atoms with Crippen LogP contribution in [0.25, 0.3) is 0 Å². The van der Waals surface area contributed by atoms with Gasteiger partial charge in [0.15, 0.2) is 5.78 Å². The van der Waals surface area contributed by atoms with Gasteiger partial charge in [-0.05, 0) is 30.8 Å².